The predicted octanol–water partition coefficient (Wildman–Crippen LogP) is 2.61. The molecule has 0 radical (unpaired) electrons. The van der Waals surface area contributed by atoms with Crippen molar-refractivity contribution in [1.29, 1.82) is 0 Å². The van der Waals surface area contributed by atoms with Crippen molar-refractivity contribution in [1.82, 2.24) is 15.6 Å². The zero-order chi connectivity index (χ0) is 19.6. The van der Waals surface area contributed by atoms with E-state index in [0.29, 0.717) is 25.7 Å². The molecule has 0 fully saturated rings. The van der Waals surface area contributed by atoms with Gasteiger partial charge in [0.15, 0.2) is 5.96 Å². The largest absolute Gasteiger partial charge is 0.389 e. The molecule has 0 aliphatic heterocycles. The third-order valence-electron chi connectivity index (χ3n) is 4.26. The maximum Gasteiger partial charge on any atom is 0.191 e. The van der Waals surface area contributed by atoms with Crippen molar-refractivity contribution in [3.8, 4) is 0 Å². The first kappa shape index (κ1) is 21.3. The van der Waals surface area contributed by atoms with Crippen LogP contribution in [0.15, 0.2) is 29.3 Å². The third-order valence-corrected chi connectivity index (χ3v) is 4.26. The molecule has 0 bridgehead atoms. The lowest BCUT2D eigenvalue weighted by Crippen LogP contribution is -2.39. The molecule has 0 saturated carbocycles. The van der Waals surface area contributed by atoms with E-state index >= 15 is 0 Å². The topological polar surface area (TPSA) is 81.7 Å². The summed E-state index contributed by atoms with van der Waals surface area (Å²) in [7, 11) is 0. The summed E-state index contributed by atoms with van der Waals surface area (Å²) >= 11 is 0. The van der Waals surface area contributed by atoms with Crippen LogP contribution in [0.5, 0.6) is 0 Å². The number of hydrogen-bond acceptors (Lipinski definition) is 3. The maximum absolute atomic E-state index is 10.0. The van der Waals surface area contributed by atoms with Crippen molar-refractivity contribution in [2.45, 2.75) is 40.2 Å². The average molecular weight is 375 g/mol. The van der Waals surface area contributed by atoms with Gasteiger partial charge in [-0.2, -0.15) is 0 Å². The smallest absolute Gasteiger partial charge is 0.191 e. The van der Waals surface area contributed by atoms with Crippen LogP contribution in [0.2, 0.25) is 0 Å². The number of aromatic nitrogens is 1. The Hall–Kier alpha value is -2.05. The molecule has 1 heterocycles. The highest BCUT2D eigenvalue weighted by Gasteiger charge is 2.09. The van der Waals surface area contributed by atoms with Gasteiger partial charge in [0.2, 0.25) is 0 Å². The molecule has 1 aromatic carbocycles. The number of hydrogen-bond donors (Lipinski definition) is 4. The summed E-state index contributed by atoms with van der Waals surface area (Å²) in [6, 6.07) is 8.38. The van der Waals surface area contributed by atoms with Gasteiger partial charge in [-0.1, -0.05) is 32.0 Å². The molecule has 0 aliphatic rings. The van der Waals surface area contributed by atoms with Crippen LogP contribution in [0.1, 0.15) is 32.0 Å². The van der Waals surface area contributed by atoms with Gasteiger partial charge in [0.25, 0.3) is 0 Å². The van der Waals surface area contributed by atoms with Crippen LogP contribution in [-0.2, 0) is 11.2 Å². The lowest BCUT2D eigenvalue weighted by Gasteiger charge is -2.14. The second kappa shape index (κ2) is 10.9. The Morgan fingerprint density at radius 3 is 2.74 bits per heavy atom. The quantitative estimate of drug-likeness (QED) is 0.381. The first-order chi connectivity index (χ1) is 13.0. The number of aliphatic hydroxyl groups is 1. The summed E-state index contributed by atoms with van der Waals surface area (Å²) in [4.78, 5) is 7.91. The van der Waals surface area contributed by atoms with Crippen molar-refractivity contribution in [3.63, 3.8) is 0 Å². The number of aromatic amines is 1. The molecule has 0 aliphatic carbocycles. The van der Waals surface area contributed by atoms with E-state index in [4.69, 9.17) is 4.74 Å². The Morgan fingerprint density at radius 1 is 1.22 bits per heavy atom. The molecule has 0 amide bonds. The van der Waals surface area contributed by atoms with Crippen LogP contribution >= 0.6 is 0 Å². The van der Waals surface area contributed by atoms with Crippen LogP contribution in [0.25, 0.3) is 10.9 Å². The second-order valence-electron chi connectivity index (χ2n) is 7.26. The van der Waals surface area contributed by atoms with E-state index in [9.17, 15) is 5.11 Å². The minimum atomic E-state index is -0.588. The minimum absolute atomic E-state index is 0.315. The SMILES string of the molecule is CCNC(=NCC(O)COCC(C)C)NCCc1c(C)[nH]c2ccccc12. The highest BCUT2D eigenvalue weighted by Crippen LogP contribution is 2.21. The molecule has 150 valence electrons. The van der Waals surface area contributed by atoms with E-state index in [0.717, 1.165) is 25.5 Å². The number of aliphatic hydroxyl groups excluding tert-OH is 1. The normalized spacial score (nSPS) is 13.3. The second-order valence-corrected chi connectivity index (χ2v) is 7.26. The number of nitrogens with one attached hydrogen (secondary N) is 3. The molecule has 0 spiro atoms. The molecule has 2 rings (SSSR count). The van der Waals surface area contributed by atoms with Crippen LogP contribution in [-0.4, -0.2) is 55.0 Å². The molecule has 0 saturated heterocycles. The van der Waals surface area contributed by atoms with E-state index in [1.807, 2.05) is 13.0 Å². The Bertz CT molecular complexity index is 724. The maximum atomic E-state index is 10.0. The summed E-state index contributed by atoms with van der Waals surface area (Å²) < 4.78 is 5.47. The summed E-state index contributed by atoms with van der Waals surface area (Å²) in [5.41, 5.74) is 3.71. The van der Waals surface area contributed by atoms with Gasteiger partial charge in [0, 0.05) is 36.3 Å². The van der Waals surface area contributed by atoms with Gasteiger partial charge in [-0.3, -0.25) is 4.99 Å². The highest BCUT2D eigenvalue weighted by molar-refractivity contribution is 5.84. The van der Waals surface area contributed by atoms with Crippen LogP contribution in [0, 0.1) is 12.8 Å². The number of ether oxygens (including phenoxy) is 1. The van der Waals surface area contributed by atoms with Crippen molar-refractivity contribution >= 4 is 16.9 Å². The van der Waals surface area contributed by atoms with Crippen molar-refractivity contribution in [3.05, 3.63) is 35.5 Å². The Morgan fingerprint density at radius 2 is 2.00 bits per heavy atom. The van der Waals surface area contributed by atoms with Gasteiger partial charge >= 0.3 is 0 Å². The van der Waals surface area contributed by atoms with E-state index in [-0.39, 0.29) is 0 Å². The first-order valence-electron chi connectivity index (χ1n) is 9.85. The van der Waals surface area contributed by atoms with Crippen molar-refractivity contribution < 1.29 is 9.84 Å². The van der Waals surface area contributed by atoms with Gasteiger partial charge in [0.05, 0.1) is 19.3 Å². The number of H-pyrrole nitrogens is 1. The number of nitrogens with zero attached hydrogens (tertiary/aromatic N) is 1. The fourth-order valence-electron chi connectivity index (χ4n) is 2.99. The van der Waals surface area contributed by atoms with E-state index in [1.54, 1.807) is 0 Å². The molecule has 1 aromatic heterocycles. The summed E-state index contributed by atoms with van der Waals surface area (Å²) in [6.45, 7) is 11.2. The minimum Gasteiger partial charge on any atom is -0.389 e. The van der Waals surface area contributed by atoms with Gasteiger partial charge in [-0.25, -0.2) is 0 Å². The Balaban J connectivity index is 1.85. The molecule has 2 aromatic rings. The fourth-order valence-corrected chi connectivity index (χ4v) is 2.99. The van der Waals surface area contributed by atoms with E-state index in [1.165, 1.54) is 22.2 Å². The highest BCUT2D eigenvalue weighted by atomic mass is 16.5. The summed E-state index contributed by atoms with van der Waals surface area (Å²) in [5, 5.41) is 17.9. The van der Waals surface area contributed by atoms with Crippen molar-refractivity contribution in [2.24, 2.45) is 10.9 Å². The fraction of sp³-hybridized carbons (Fsp3) is 0.571. The monoisotopic (exact) mass is 374 g/mol. The molecule has 6 nitrogen and oxygen atoms in total. The number of guanidine groups is 1. The lowest BCUT2D eigenvalue weighted by molar-refractivity contribution is 0.0301. The molecule has 1 unspecified atom stereocenters. The number of rotatable bonds is 10. The van der Waals surface area contributed by atoms with E-state index < -0.39 is 6.10 Å². The Kier molecular flexibility index (Phi) is 8.61. The number of benzene rings is 1. The molecular formula is C21H34N4O2. The molecular weight excluding hydrogens is 340 g/mol. The van der Waals surface area contributed by atoms with Gasteiger partial charge < -0.3 is 25.5 Å². The van der Waals surface area contributed by atoms with Gasteiger partial charge in [-0.05, 0) is 37.8 Å². The van der Waals surface area contributed by atoms with Crippen molar-refractivity contribution in [2.75, 3.05) is 32.8 Å². The Labute approximate surface area is 162 Å². The zero-order valence-corrected chi connectivity index (χ0v) is 17.0. The molecule has 6 heteroatoms. The molecule has 1 atom stereocenters. The predicted molar refractivity (Wildman–Crippen MR) is 112 cm³/mol. The molecule has 27 heavy (non-hydrogen) atoms. The van der Waals surface area contributed by atoms with Gasteiger partial charge in [-0.15, -0.1) is 0 Å². The van der Waals surface area contributed by atoms with Gasteiger partial charge in [0.1, 0.15) is 0 Å². The lowest BCUT2D eigenvalue weighted by atomic mass is 10.1. The zero-order valence-electron chi connectivity index (χ0n) is 17.0. The number of aryl methyl sites for hydroxylation is 1. The molecule has 4 N–H and O–H groups in total. The average Bonchev–Trinajstić information content (AvgIpc) is 2.95. The number of fused-ring (bicyclic) bond motifs is 1. The first-order valence-corrected chi connectivity index (χ1v) is 9.85. The van der Waals surface area contributed by atoms with Crippen LogP contribution in [0.3, 0.4) is 0 Å². The third kappa shape index (κ3) is 6.88. The summed E-state index contributed by atoms with van der Waals surface area (Å²) in [5.74, 6) is 1.19. The van der Waals surface area contributed by atoms with Crippen LogP contribution < -0.4 is 10.6 Å². The number of aliphatic imine (C=N–C) groups is 1. The van der Waals surface area contributed by atoms with Crippen LogP contribution in [0.4, 0.5) is 0 Å². The number of para-hydroxylation sites is 1. The standard InChI is InChI=1S/C21H34N4O2/c1-5-22-21(24-12-17(26)14-27-13-15(2)3)23-11-10-18-16(4)25-20-9-7-6-8-19(18)20/h6-9,15,17,25-26H,5,10-14H2,1-4H3,(H2,22,23,24). The van der Waals surface area contributed by atoms with E-state index in [2.05, 4.69) is 59.6 Å². The summed E-state index contributed by atoms with van der Waals surface area (Å²) in [6.07, 6.45) is 0.315.